The van der Waals surface area contributed by atoms with Crippen molar-refractivity contribution in [2.45, 2.75) is 32.9 Å². The van der Waals surface area contributed by atoms with Crippen LogP contribution < -0.4 is 21.9 Å². The minimum atomic E-state index is -0.786. The van der Waals surface area contributed by atoms with Gasteiger partial charge in [0.05, 0.1) is 11.3 Å². The first-order valence-electron chi connectivity index (χ1n) is 9.28. The molecular formula is C21H26N4O4. The van der Waals surface area contributed by atoms with Crippen LogP contribution in [0, 0.1) is 5.92 Å². The van der Waals surface area contributed by atoms with Crippen molar-refractivity contribution in [1.82, 2.24) is 10.7 Å². The van der Waals surface area contributed by atoms with Crippen molar-refractivity contribution in [2.24, 2.45) is 11.8 Å². The van der Waals surface area contributed by atoms with Crippen molar-refractivity contribution in [3.8, 4) is 0 Å². The Hall–Kier alpha value is -3.39. The number of hydrogen-bond acceptors (Lipinski definition) is 5. The number of hydrazine groups is 1. The lowest BCUT2D eigenvalue weighted by Gasteiger charge is -2.20. The molecule has 2 rings (SSSR count). The zero-order valence-corrected chi connectivity index (χ0v) is 16.5. The van der Waals surface area contributed by atoms with E-state index in [1.807, 2.05) is 44.2 Å². The molecule has 0 unspecified atom stereocenters. The highest BCUT2D eigenvalue weighted by Gasteiger charge is 2.23. The first-order chi connectivity index (χ1) is 13.9. The minimum Gasteiger partial charge on any atom is -0.444 e. The van der Waals surface area contributed by atoms with Gasteiger partial charge < -0.3 is 10.1 Å². The van der Waals surface area contributed by atoms with E-state index < -0.39 is 23.9 Å². The topological polar surface area (TPSA) is 123 Å². The van der Waals surface area contributed by atoms with Crippen molar-refractivity contribution in [2.75, 3.05) is 5.32 Å². The van der Waals surface area contributed by atoms with E-state index in [-0.39, 0.29) is 23.8 Å². The van der Waals surface area contributed by atoms with Crippen molar-refractivity contribution in [1.29, 1.82) is 0 Å². The lowest BCUT2D eigenvalue weighted by molar-refractivity contribution is -0.123. The fourth-order valence-corrected chi connectivity index (χ4v) is 2.70. The van der Waals surface area contributed by atoms with Crippen LogP contribution in [-0.4, -0.2) is 23.9 Å². The molecule has 8 heteroatoms. The number of para-hydroxylation sites is 1. The molecule has 5 N–H and O–H groups in total. The smallest absolute Gasteiger partial charge is 0.411 e. The highest BCUT2D eigenvalue weighted by atomic mass is 16.5. The van der Waals surface area contributed by atoms with E-state index in [4.69, 9.17) is 10.6 Å². The molecule has 0 spiro atoms. The van der Waals surface area contributed by atoms with Crippen LogP contribution in [0.1, 0.15) is 36.2 Å². The molecule has 0 fully saturated rings. The van der Waals surface area contributed by atoms with Crippen molar-refractivity contribution in [3.63, 3.8) is 0 Å². The molecule has 0 radical (unpaired) electrons. The molecule has 0 heterocycles. The van der Waals surface area contributed by atoms with Crippen LogP contribution >= 0.6 is 0 Å². The van der Waals surface area contributed by atoms with Gasteiger partial charge in [-0.3, -0.25) is 20.3 Å². The van der Waals surface area contributed by atoms with Gasteiger partial charge in [0.2, 0.25) is 0 Å². The Balaban J connectivity index is 2.05. The van der Waals surface area contributed by atoms with Gasteiger partial charge in [-0.15, -0.1) is 0 Å². The second-order valence-electron chi connectivity index (χ2n) is 6.90. The van der Waals surface area contributed by atoms with Crippen LogP contribution in [0.4, 0.5) is 10.5 Å². The quantitative estimate of drug-likeness (QED) is 0.309. The van der Waals surface area contributed by atoms with Gasteiger partial charge in [-0.1, -0.05) is 56.3 Å². The third-order valence-corrected chi connectivity index (χ3v) is 4.09. The summed E-state index contributed by atoms with van der Waals surface area (Å²) >= 11 is 0. The van der Waals surface area contributed by atoms with Gasteiger partial charge in [-0.2, -0.15) is 0 Å². The molecule has 0 aliphatic carbocycles. The Morgan fingerprint density at radius 3 is 2.31 bits per heavy atom. The Kier molecular flexibility index (Phi) is 8.17. The molecule has 2 aromatic rings. The molecule has 0 saturated carbocycles. The summed E-state index contributed by atoms with van der Waals surface area (Å²) in [5.41, 5.74) is 3.40. The summed E-state index contributed by atoms with van der Waals surface area (Å²) in [6.45, 7) is 3.97. The number of benzene rings is 2. The molecule has 0 aliphatic heterocycles. The molecule has 0 aliphatic rings. The average molecular weight is 398 g/mol. The number of amides is 3. The van der Waals surface area contributed by atoms with Gasteiger partial charge in [0.15, 0.2) is 0 Å². The van der Waals surface area contributed by atoms with E-state index in [0.29, 0.717) is 6.42 Å². The summed E-state index contributed by atoms with van der Waals surface area (Å²) in [5.74, 6) is 4.39. The van der Waals surface area contributed by atoms with Crippen LogP contribution in [0.2, 0.25) is 0 Å². The van der Waals surface area contributed by atoms with E-state index in [2.05, 4.69) is 16.1 Å². The molecule has 3 amide bonds. The highest BCUT2D eigenvalue weighted by Crippen LogP contribution is 2.16. The van der Waals surface area contributed by atoms with Gasteiger partial charge in [0.1, 0.15) is 12.6 Å². The maximum atomic E-state index is 12.7. The Morgan fingerprint density at radius 2 is 1.66 bits per heavy atom. The highest BCUT2D eigenvalue weighted by molar-refractivity contribution is 6.04. The van der Waals surface area contributed by atoms with E-state index >= 15 is 0 Å². The lowest BCUT2D eigenvalue weighted by atomic mass is 10.0. The number of carbonyl (C=O) groups is 3. The molecule has 0 saturated heterocycles. The first kappa shape index (κ1) is 21.9. The summed E-state index contributed by atoms with van der Waals surface area (Å²) < 4.78 is 5.19. The third kappa shape index (κ3) is 6.93. The lowest BCUT2D eigenvalue weighted by Crippen LogP contribution is -2.49. The van der Waals surface area contributed by atoms with Crippen molar-refractivity contribution in [3.05, 3.63) is 65.7 Å². The van der Waals surface area contributed by atoms with Gasteiger partial charge in [0.25, 0.3) is 11.8 Å². The number of rotatable bonds is 8. The zero-order chi connectivity index (χ0) is 21.2. The molecular weight excluding hydrogens is 372 g/mol. The van der Waals surface area contributed by atoms with Gasteiger partial charge in [-0.05, 0) is 30.0 Å². The van der Waals surface area contributed by atoms with Crippen molar-refractivity contribution < 1.29 is 19.1 Å². The summed E-state index contributed by atoms with van der Waals surface area (Å²) in [5, 5.41) is 5.24. The predicted octanol–water partition coefficient (Wildman–Crippen LogP) is 2.57. The van der Waals surface area contributed by atoms with Gasteiger partial charge in [0, 0.05) is 0 Å². The molecule has 154 valence electrons. The number of carbonyl (C=O) groups excluding carboxylic acids is 3. The average Bonchev–Trinajstić information content (AvgIpc) is 2.72. The largest absolute Gasteiger partial charge is 0.444 e. The standard InChI is InChI=1S/C21H26N4O4/c1-14(2)12-18(20(27)25-22)23-19(26)16-10-6-7-11-17(16)24-21(28)29-13-15-8-4-3-5-9-15/h3-11,14,18H,12-13,22H2,1-2H3,(H,23,26)(H,24,28)(H,25,27)/t18-/m0/s1. The molecule has 8 nitrogen and oxygen atoms in total. The van der Waals surface area contributed by atoms with E-state index in [9.17, 15) is 14.4 Å². The SMILES string of the molecule is CC(C)C[C@H](NC(=O)c1ccccc1NC(=O)OCc1ccccc1)C(=O)NN. The van der Waals surface area contributed by atoms with Gasteiger partial charge in [-0.25, -0.2) is 10.6 Å². The zero-order valence-electron chi connectivity index (χ0n) is 16.5. The number of nitrogens with one attached hydrogen (secondary N) is 3. The predicted molar refractivity (Wildman–Crippen MR) is 110 cm³/mol. The molecule has 29 heavy (non-hydrogen) atoms. The van der Waals surface area contributed by atoms with Crippen LogP contribution in [0.15, 0.2) is 54.6 Å². The monoisotopic (exact) mass is 398 g/mol. The summed E-state index contributed by atoms with van der Waals surface area (Å²) in [7, 11) is 0. The molecule has 1 atom stereocenters. The molecule has 2 aromatic carbocycles. The van der Waals surface area contributed by atoms with Crippen molar-refractivity contribution >= 4 is 23.6 Å². The second kappa shape index (κ2) is 10.8. The summed E-state index contributed by atoms with van der Waals surface area (Å²) in [6, 6.07) is 14.9. The van der Waals surface area contributed by atoms with Crippen LogP contribution in [0.3, 0.4) is 0 Å². The first-order valence-corrected chi connectivity index (χ1v) is 9.28. The molecule has 0 aromatic heterocycles. The van der Waals surface area contributed by atoms with Crippen LogP contribution in [0.25, 0.3) is 0 Å². The Bertz CT molecular complexity index is 840. The second-order valence-corrected chi connectivity index (χ2v) is 6.90. The number of nitrogens with two attached hydrogens (primary N) is 1. The molecule has 0 bridgehead atoms. The Morgan fingerprint density at radius 1 is 1.00 bits per heavy atom. The Labute approximate surface area is 169 Å². The summed E-state index contributed by atoms with van der Waals surface area (Å²) in [6.07, 6.45) is -0.267. The maximum absolute atomic E-state index is 12.7. The third-order valence-electron chi connectivity index (χ3n) is 4.09. The summed E-state index contributed by atoms with van der Waals surface area (Å²) in [4.78, 5) is 36.8. The normalized spacial score (nSPS) is 11.4. The van der Waals surface area contributed by atoms with Gasteiger partial charge >= 0.3 is 6.09 Å². The van der Waals surface area contributed by atoms with E-state index in [0.717, 1.165) is 5.56 Å². The minimum absolute atomic E-state index is 0.105. The van der Waals surface area contributed by atoms with Crippen LogP contribution in [0.5, 0.6) is 0 Å². The van der Waals surface area contributed by atoms with Crippen LogP contribution in [-0.2, 0) is 16.1 Å². The maximum Gasteiger partial charge on any atom is 0.411 e. The number of ether oxygens (including phenoxy) is 1. The van der Waals surface area contributed by atoms with E-state index in [1.165, 1.54) is 0 Å². The fraction of sp³-hybridized carbons (Fsp3) is 0.286. The fourth-order valence-electron chi connectivity index (χ4n) is 2.70. The number of anilines is 1. The number of hydrogen-bond donors (Lipinski definition) is 4. The van der Waals surface area contributed by atoms with E-state index in [1.54, 1.807) is 24.3 Å².